The van der Waals surface area contributed by atoms with Crippen LogP contribution in [0.4, 0.5) is 0 Å². The van der Waals surface area contributed by atoms with E-state index in [9.17, 15) is 0 Å². The van der Waals surface area contributed by atoms with Gasteiger partial charge in [-0.15, -0.1) is 0 Å². The second-order valence-corrected chi connectivity index (χ2v) is 5.25. The predicted octanol–water partition coefficient (Wildman–Crippen LogP) is 2.35. The zero-order valence-corrected chi connectivity index (χ0v) is 11.7. The first-order chi connectivity index (χ1) is 8.81. The fraction of sp³-hybridized carbons (Fsp3) is 0.667. The summed E-state index contributed by atoms with van der Waals surface area (Å²) in [6.45, 7) is 9.03. The molecule has 18 heavy (non-hydrogen) atoms. The Labute approximate surface area is 111 Å². The van der Waals surface area contributed by atoms with Crippen molar-refractivity contribution in [2.24, 2.45) is 0 Å². The average Bonchev–Trinajstić information content (AvgIpc) is 2.42. The van der Waals surface area contributed by atoms with Gasteiger partial charge in [-0.3, -0.25) is 9.88 Å². The summed E-state index contributed by atoms with van der Waals surface area (Å²) in [4.78, 5) is 6.91. The Bertz CT molecular complexity index is 359. The van der Waals surface area contributed by atoms with Crippen molar-refractivity contribution in [3.63, 3.8) is 0 Å². The lowest BCUT2D eigenvalue weighted by Crippen LogP contribution is -2.43. The van der Waals surface area contributed by atoms with E-state index in [1.807, 2.05) is 12.4 Å². The molecule has 0 atom stereocenters. The van der Waals surface area contributed by atoms with Crippen LogP contribution in [0.1, 0.15) is 37.3 Å². The number of pyridine rings is 1. The maximum Gasteiger partial charge on any atom is 0.0315 e. The van der Waals surface area contributed by atoms with E-state index in [4.69, 9.17) is 0 Å². The van der Waals surface area contributed by atoms with Crippen LogP contribution in [0.15, 0.2) is 18.5 Å². The number of hydrogen-bond acceptors (Lipinski definition) is 3. The Morgan fingerprint density at radius 1 is 1.39 bits per heavy atom. The molecular weight excluding hydrogens is 222 g/mol. The summed E-state index contributed by atoms with van der Waals surface area (Å²) in [6, 6.07) is 2.85. The summed E-state index contributed by atoms with van der Waals surface area (Å²) in [5.74, 6) is 0. The van der Waals surface area contributed by atoms with Crippen molar-refractivity contribution in [2.75, 3.05) is 19.6 Å². The van der Waals surface area contributed by atoms with E-state index < -0.39 is 0 Å². The first-order valence-corrected chi connectivity index (χ1v) is 7.15. The van der Waals surface area contributed by atoms with Crippen LogP contribution in [0.25, 0.3) is 0 Å². The highest BCUT2D eigenvalue weighted by molar-refractivity contribution is 5.21. The Kier molecular flexibility index (Phi) is 5.14. The number of aromatic nitrogens is 1. The van der Waals surface area contributed by atoms with Crippen LogP contribution in [0.5, 0.6) is 0 Å². The number of aryl methyl sites for hydroxylation is 1. The fourth-order valence-corrected chi connectivity index (χ4v) is 2.73. The predicted molar refractivity (Wildman–Crippen MR) is 75.6 cm³/mol. The molecule has 1 aromatic heterocycles. The van der Waals surface area contributed by atoms with Crippen molar-refractivity contribution in [1.82, 2.24) is 15.2 Å². The summed E-state index contributed by atoms with van der Waals surface area (Å²) in [5.41, 5.74) is 2.74. The van der Waals surface area contributed by atoms with Gasteiger partial charge in [-0.2, -0.15) is 0 Å². The van der Waals surface area contributed by atoms with Gasteiger partial charge in [-0.05, 0) is 63.0 Å². The Morgan fingerprint density at radius 2 is 2.17 bits per heavy atom. The molecule has 3 nitrogen and oxygen atoms in total. The summed E-state index contributed by atoms with van der Waals surface area (Å²) in [7, 11) is 0. The van der Waals surface area contributed by atoms with Gasteiger partial charge in [0.2, 0.25) is 0 Å². The zero-order chi connectivity index (χ0) is 12.8. The van der Waals surface area contributed by atoms with Crippen LogP contribution < -0.4 is 5.32 Å². The third kappa shape index (κ3) is 3.53. The van der Waals surface area contributed by atoms with Crippen LogP contribution >= 0.6 is 0 Å². The normalized spacial score (nSPS) is 17.3. The molecule has 0 radical (unpaired) electrons. The van der Waals surface area contributed by atoms with Gasteiger partial charge >= 0.3 is 0 Å². The maximum absolute atomic E-state index is 4.26. The van der Waals surface area contributed by atoms with Gasteiger partial charge in [0.1, 0.15) is 0 Å². The number of nitrogens with zero attached hydrogens (tertiary/aromatic N) is 2. The first kappa shape index (κ1) is 13.5. The molecule has 0 bridgehead atoms. The molecule has 0 aliphatic carbocycles. The molecular formula is C15H25N3. The topological polar surface area (TPSA) is 28.2 Å². The number of piperidine rings is 1. The molecule has 1 N–H and O–H groups in total. The van der Waals surface area contributed by atoms with E-state index in [1.165, 1.54) is 36.9 Å². The number of hydrogen-bond donors (Lipinski definition) is 1. The van der Waals surface area contributed by atoms with Gasteiger partial charge in [-0.25, -0.2) is 0 Å². The summed E-state index contributed by atoms with van der Waals surface area (Å²) < 4.78 is 0. The summed E-state index contributed by atoms with van der Waals surface area (Å²) >= 11 is 0. The second-order valence-electron chi connectivity index (χ2n) is 5.25. The van der Waals surface area contributed by atoms with Crippen molar-refractivity contribution < 1.29 is 0 Å². The van der Waals surface area contributed by atoms with Crippen molar-refractivity contribution in [3.05, 3.63) is 29.6 Å². The molecule has 3 heteroatoms. The van der Waals surface area contributed by atoms with Crippen molar-refractivity contribution in [1.29, 1.82) is 0 Å². The van der Waals surface area contributed by atoms with Gasteiger partial charge in [0.05, 0.1) is 0 Å². The average molecular weight is 247 g/mol. The molecule has 1 aromatic rings. The molecule has 0 aromatic carbocycles. The Balaban J connectivity index is 2.03. The highest BCUT2D eigenvalue weighted by Crippen LogP contribution is 2.17. The van der Waals surface area contributed by atoms with Crippen molar-refractivity contribution in [3.8, 4) is 0 Å². The van der Waals surface area contributed by atoms with Crippen LogP contribution in [0.3, 0.4) is 0 Å². The molecule has 1 aliphatic rings. The monoisotopic (exact) mass is 247 g/mol. The van der Waals surface area contributed by atoms with Crippen LogP contribution in [-0.4, -0.2) is 35.6 Å². The first-order valence-electron chi connectivity index (χ1n) is 7.15. The molecule has 2 rings (SSSR count). The highest BCUT2D eigenvalue weighted by atomic mass is 15.2. The lowest BCUT2D eigenvalue weighted by atomic mass is 10.0. The molecule has 1 aliphatic heterocycles. The van der Waals surface area contributed by atoms with Crippen LogP contribution in [0, 0.1) is 6.92 Å². The quantitative estimate of drug-likeness (QED) is 0.865. The second kappa shape index (κ2) is 6.86. The molecule has 1 saturated heterocycles. The molecule has 0 spiro atoms. The summed E-state index contributed by atoms with van der Waals surface area (Å²) in [5, 5.41) is 3.45. The number of nitrogens with one attached hydrogen (secondary N) is 1. The minimum Gasteiger partial charge on any atom is -0.317 e. The van der Waals surface area contributed by atoms with Gasteiger partial charge in [-0.1, -0.05) is 6.92 Å². The molecule has 0 saturated carbocycles. The Hall–Kier alpha value is -0.930. The Morgan fingerprint density at radius 3 is 2.83 bits per heavy atom. The molecule has 100 valence electrons. The van der Waals surface area contributed by atoms with Crippen molar-refractivity contribution in [2.45, 2.75) is 45.7 Å². The van der Waals surface area contributed by atoms with Gasteiger partial charge < -0.3 is 5.32 Å². The highest BCUT2D eigenvalue weighted by Gasteiger charge is 2.20. The van der Waals surface area contributed by atoms with Gasteiger partial charge in [0, 0.05) is 25.0 Å². The lowest BCUT2D eigenvalue weighted by Gasteiger charge is -2.34. The van der Waals surface area contributed by atoms with E-state index >= 15 is 0 Å². The molecule has 2 heterocycles. The van der Waals surface area contributed by atoms with Crippen LogP contribution in [0.2, 0.25) is 0 Å². The van der Waals surface area contributed by atoms with Crippen LogP contribution in [-0.2, 0) is 6.54 Å². The minimum atomic E-state index is 0.741. The largest absolute Gasteiger partial charge is 0.317 e. The van der Waals surface area contributed by atoms with E-state index in [0.717, 1.165) is 25.7 Å². The molecule has 1 fully saturated rings. The van der Waals surface area contributed by atoms with Crippen molar-refractivity contribution >= 4 is 0 Å². The fourth-order valence-electron chi connectivity index (χ4n) is 2.73. The lowest BCUT2D eigenvalue weighted by molar-refractivity contribution is 0.154. The van der Waals surface area contributed by atoms with Gasteiger partial charge in [0.15, 0.2) is 0 Å². The van der Waals surface area contributed by atoms with Gasteiger partial charge in [0.25, 0.3) is 0 Å². The van der Waals surface area contributed by atoms with E-state index in [2.05, 4.69) is 35.1 Å². The van der Waals surface area contributed by atoms with E-state index in [-0.39, 0.29) is 0 Å². The SMILES string of the molecule is CCCN(Cc1cnccc1C)C1CCNCC1. The standard InChI is InChI=1S/C15H25N3/c1-3-10-18(15-5-8-16-9-6-15)12-14-11-17-7-4-13(14)2/h4,7,11,15-16H,3,5-6,8-10,12H2,1-2H3. The van der Waals surface area contributed by atoms with E-state index in [1.54, 1.807) is 0 Å². The maximum atomic E-state index is 4.26. The van der Waals surface area contributed by atoms with E-state index in [0.29, 0.717) is 0 Å². The molecule has 0 amide bonds. The third-order valence-corrected chi connectivity index (χ3v) is 3.86. The minimum absolute atomic E-state index is 0.741. The third-order valence-electron chi connectivity index (χ3n) is 3.86. The number of rotatable bonds is 5. The zero-order valence-electron chi connectivity index (χ0n) is 11.7. The summed E-state index contributed by atoms with van der Waals surface area (Å²) in [6.07, 6.45) is 7.69. The smallest absolute Gasteiger partial charge is 0.0315 e. The molecule has 0 unspecified atom stereocenters.